The van der Waals surface area contributed by atoms with Crippen molar-refractivity contribution < 1.29 is 8.42 Å². The van der Waals surface area contributed by atoms with Gasteiger partial charge in [-0.05, 0) is 37.3 Å². The fourth-order valence-corrected chi connectivity index (χ4v) is 3.16. The van der Waals surface area contributed by atoms with Crippen LogP contribution in [0.25, 0.3) is 16.9 Å². The lowest BCUT2D eigenvalue weighted by molar-refractivity contribution is 0.598. The molecule has 0 spiro atoms. The van der Waals surface area contributed by atoms with E-state index >= 15 is 0 Å². The van der Waals surface area contributed by atoms with Gasteiger partial charge < -0.3 is 0 Å². The zero-order chi connectivity index (χ0) is 18.7. The fourth-order valence-electron chi connectivity index (χ4n) is 2.64. The van der Waals surface area contributed by atoms with E-state index in [2.05, 4.69) is 11.2 Å². The van der Waals surface area contributed by atoms with Gasteiger partial charge in [0.15, 0.2) is 0 Å². The average Bonchev–Trinajstić information content (AvgIpc) is 3.04. The van der Waals surface area contributed by atoms with Gasteiger partial charge in [0.1, 0.15) is 0 Å². The highest BCUT2D eigenvalue weighted by Crippen LogP contribution is 2.25. The van der Waals surface area contributed by atoms with Crippen LogP contribution >= 0.6 is 0 Å². The smallest absolute Gasteiger partial charge is 0.233 e. The van der Waals surface area contributed by atoms with Crippen LogP contribution in [-0.2, 0) is 16.4 Å². The summed E-state index contributed by atoms with van der Waals surface area (Å²) in [7, 11) is -3.74. The number of nitriles is 1. The largest absolute Gasteiger partial charge is 0.238 e. The van der Waals surface area contributed by atoms with E-state index in [-0.39, 0.29) is 4.90 Å². The first-order valence-electron chi connectivity index (χ1n) is 8.04. The number of aryl methyl sites for hydroxylation is 2. The van der Waals surface area contributed by atoms with E-state index in [0.717, 1.165) is 28.2 Å². The Bertz CT molecular complexity index is 1060. The van der Waals surface area contributed by atoms with Crippen molar-refractivity contribution >= 4 is 10.0 Å². The first-order chi connectivity index (χ1) is 12.4. The first-order valence-corrected chi connectivity index (χ1v) is 9.59. The number of nitrogens with two attached hydrogens (primary N) is 1. The van der Waals surface area contributed by atoms with Gasteiger partial charge in [-0.1, -0.05) is 29.8 Å². The SMILES string of the molecule is Cc1ccc(-c2cc(CCC#N)nn2-c2ccc(S(N)(=O)=O)cc2)cc1. The van der Waals surface area contributed by atoms with Gasteiger partial charge in [-0.25, -0.2) is 18.2 Å². The molecule has 2 aromatic carbocycles. The molecule has 0 aliphatic rings. The van der Waals surface area contributed by atoms with Crippen LogP contribution in [0.1, 0.15) is 17.7 Å². The van der Waals surface area contributed by atoms with Crippen LogP contribution in [0, 0.1) is 18.3 Å². The van der Waals surface area contributed by atoms with Crippen LogP contribution in [0.15, 0.2) is 59.5 Å². The number of nitrogens with zero attached hydrogens (tertiary/aromatic N) is 3. The van der Waals surface area contributed by atoms with Crippen molar-refractivity contribution in [1.29, 1.82) is 5.26 Å². The maximum atomic E-state index is 11.4. The van der Waals surface area contributed by atoms with Crippen molar-refractivity contribution in [2.45, 2.75) is 24.7 Å². The summed E-state index contributed by atoms with van der Waals surface area (Å²) in [5.41, 5.74) is 4.54. The van der Waals surface area contributed by atoms with Gasteiger partial charge >= 0.3 is 0 Å². The van der Waals surface area contributed by atoms with Crippen molar-refractivity contribution in [2.24, 2.45) is 5.14 Å². The topological polar surface area (TPSA) is 102 Å². The van der Waals surface area contributed by atoms with Crippen molar-refractivity contribution in [3.8, 4) is 23.0 Å². The molecule has 1 aromatic heterocycles. The summed E-state index contributed by atoms with van der Waals surface area (Å²) < 4.78 is 24.7. The summed E-state index contributed by atoms with van der Waals surface area (Å²) >= 11 is 0. The highest BCUT2D eigenvalue weighted by Gasteiger charge is 2.13. The van der Waals surface area contributed by atoms with E-state index in [1.807, 2.05) is 37.3 Å². The summed E-state index contributed by atoms with van der Waals surface area (Å²) in [4.78, 5) is 0.0509. The van der Waals surface area contributed by atoms with Crippen molar-refractivity contribution in [3.05, 3.63) is 65.9 Å². The predicted molar refractivity (Wildman–Crippen MR) is 99.0 cm³/mol. The van der Waals surface area contributed by atoms with Gasteiger partial charge in [0, 0.05) is 18.4 Å². The number of rotatable bonds is 5. The molecule has 0 saturated heterocycles. The molecule has 0 fully saturated rings. The Balaban J connectivity index is 2.08. The molecule has 26 heavy (non-hydrogen) atoms. The van der Waals surface area contributed by atoms with E-state index in [0.29, 0.717) is 12.8 Å². The highest BCUT2D eigenvalue weighted by molar-refractivity contribution is 7.89. The van der Waals surface area contributed by atoms with Crippen LogP contribution in [0.5, 0.6) is 0 Å². The zero-order valence-corrected chi connectivity index (χ0v) is 15.1. The van der Waals surface area contributed by atoms with Gasteiger partial charge in [0.2, 0.25) is 10.0 Å². The van der Waals surface area contributed by atoms with Crippen molar-refractivity contribution in [1.82, 2.24) is 9.78 Å². The summed E-state index contributed by atoms with van der Waals surface area (Å²) in [6.07, 6.45) is 0.937. The Hall–Kier alpha value is -2.95. The van der Waals surface area contributed by atoms with Gasteiger partial charge in [-0.2, -0.15) is 10.4 Å². The average molecular weight is 366 g/mol. The molecule has 1 heterocycles. The molecule has 0 radical (unpaired) electrons. The maximum absolute atomic E-state index is 11.4. The highest BCUT2D eigenvalue weighted by atomic mass is 32.2. The maximum Gasteiger partial charge on any atom is 0.238 e. The molecule has 2 N–H and O–H groups in total. The van der Waals surface area contributed by atoms with Gasteiger partial charge in [-0.15, -0.1) is 0 Å². The molecule has 0 atom stereocenters. The number of hydrogen-bond acceptors (Lipinski definition) is 4. The Morgan fingerprint density at radius 3 is 2.35 bits per heavy atom. The van der Waals surface area contributed by atoms with Crippen LogP contribution in [0.3, 0.4) is 0 Å². The Kier molecular flexibility index (Phi) is 4.89. The lowest BCUT2D eigenvalue weighted by Crippen LogP contribution is -2.12. The third-order valence-corrected chi connectivity index (χ3v) is 4.94. The Labute approximate surface area is 152 Å². The predicted octanol–water partition coefficient (Wildman–Crippen LogP) is 2.95. The van der Waals surface area contributed by atoms with E-state index in [1.165, 1.54) is 12.1 Å². The van der Waals surface area contributed by atoms with Crippen LogP contribution in [0.2, 0.25) is 0 Å². The molecule has 3 rings (SSSR count). The number of aromatic nitrogens is 2. The monoisotopic (exact) mass is 366 g/mol. The van der Waals surface area contributed by atoms with Crippen LogP contribution in [-0.4, -0.2) is 18.2 Å². The van der Waals surface area contributed by atoms with E-state index < -0.39 is 10.0 Å². The van der Waals surface area contributed by atoms with Crippen LogP contribution < -0.4 is 5.14 Å². The normalized spacial score (nSPS) is 11.3. The molecule has 0 bridgehead atoms. The Morgan fingerprint density at radius 1 is 1.12 bits per heavy atom. The second-order valence-corrected chi connectivity index (χ2v) is 7.56. The van der Waals surface area contributed by atoms with E-state index in [4.69, 9.17) is 10.4 Å². The van der Waals surface area contributed by atoms with Gasteiger partial charge in [0.05, 0.1) is 28.0 Å². The molecule has 6 nitrogen and oxygen atoms in total. The first kappa shape index (κ1) is 17.9. The van der Waals surface area contributed by atoms with E-state index in [1.54, 1.807) is 16.8 Å². The summed E-state index contributed by atoms with van der Waals surface area (Å²) in [6, 6.07) is 18.4. The lowest BCUT2D eigenvalue weighted by Gasteiger charge is -2.08. The molecule has 0 aliphatic heterocycles. The number of sulfonamides is 1. The lowest BCUT2D eigenvalue weighted by atomic mass is 10.1. The number of benzene rings is 2. The zero-order valence-electron chi connectivity index (χ0n) is 14.3. The minimum absolute atomic E-state index is 0.0509. The van der Waals surface area contributed by atoms with E-state index in [9.17, 15) is 8.42 Å². The van der Waals surface area contributed by atoms with Crippen LogP contribution in [0.4, 0.5) is 0 Å². The molecule has 7 heteroatoms. The van der Waals surface area contributed by atoms with Gasteiger partial charge in [-0.3, -0.25) is 0 Å². The molecule has 3 aromatic rings. The molecule has 0 unspecified atom stereocenters. The standard InChI is InChI=1S/C19H18N4O2S/c1-14-4-6-15(7-5-14)19-13-16(3-2-12-20)22-23(19)17-8-10-18(11-9-17)26(21,24)25/h4-11,13H,2-3H2,1H3,(H2,21,24,25). The quantitative estimate of drug-likeness (QED) is 0.750. The summed E-state index contributed by atoms with van der Waals surface area (Å²) in [5, 5.41) is 18.6. The van der Waals surface area contributed by atoms with Crippen molar-refractivity contribution in [2.75, 3.05) is 0 Å². The number of primary sulfonamides is 1. The summed E-state index contributed by atoms with van der Waals surface area (Å²) in [6.45, 7) is 2.02. The Morgan fingerprint density at radius 2 is 1.77 bits per heavy atom. The molecule has 132 valence electrons. The fraction of sp³-hybridized carbons (Fsp3) is 0.158. The third kappa shape index (κ3) is 3.82. The molecular formula is C19H18N4O2S. The van der Waals surface area contributed by atoms with Gasteiger partial charge in [0.25, 0.3) is 0 Å². The molecule has 0 saturated carbocycles. The summed E-state index contributed by atoms with van der Waals surface area (Å²) in [5.74, 6) is 0. The molecule has 0 aliphatic carbocycles. The molecule has 0 amide bonds. The minimum atomic E-state index is -3.74. The number of hydrogen-bond donors (Lipinski definition) is 1. The second-order valence-electron chi connectivity index (χ2n) is 6.00. The third-order valence-electron chi connectivity index (χ3n) is 4.01. The minimum Gasteiger partial charge on any atom is -0.233 e. The van der Waals surface area contributed by atoms with Crippen molar-refractivity contribution in [3.63, 3.8) is 0 Å². The second kappa shape index (κ2) is 7.12. The molecular weight excluding hydrogens is 348 g/mol.